The second-order valence-corrected chi connectivity index (χ2v) is 5.94. The molecule has 0 aliphatic rings. The average molecular weight is 321 g/mol. The van der Waals surface area contributed by atoms with Crippen molar-refractivity contribution < 1.29 is 4.79 Å². The predicted octanol–water partition coefficient (Wildman–Crippen LogP) is 5.74. The van der Waals surface area contributed by atoms with Gasteiger partial charge in [0.25, 0.3) is 0 Å². The average Bonchev–Trinajstić information content (AvgIpc) is 2.62. The molecule has 3 rings (SSSR count). The van der Waals surface area contributed by atoms with E-state index in [9.17, 15) is 4.79 Å². The van der Waals surface area contributed by atoms with Crippen molar-refractivity contribution in [1.29, 1.82) is 0 Å². The molecule has 3 aromatic rings. The lowest BCUT2D eigenvalue weighted by Crippen LogP contribution is -2.09. The Kier molecular flexibility index (Phi) is 4.89. The van der Waals surface area contributed by atoms with Gasteiger partial charge in [-0.1, -0.05) is 84.4 Å². The zero-order valence-electron chi connectivity index (χ0n) is 12.7. The second-order valence-electron chi connectivity index (χ2n) is 5.51. The molecule has 0 bridgehead atoms. The van der Waals surface area contributed by atoms with Gasteiger partial charge in [0.1, 0.15) is 0 Å². The summed E-state index contributed by atoms with van der Waals surface area (Å²) in [6.07, 6.45) is 0.440. The van der Waals surface area contributed by atoms with Crippen LogP contribution in [0.5, 0.6) is 0 Å². The summed E-state index contributed by atoms with van der Waals surface area (Å²) in [4.78, 5) is 12.6. The summed E-state index contributed by atoms with van der Waals surface area (Å²) in [5.74, 6) is 0.176. The van der Waals surface area contributed by atoms with Crippen LogP contribution in [0.4, 0.5) is 0 Å². The van der Waals surface area contributed by atoms with Crippen molar-refractivity contribution in [2.75, 3.05) is 0 Å². The minimum absolute atomic E-state index is 0.0289. The van der Waals surface area contributed by atoms with Gasteiger partial charge in [-0.3, -0.25) is 4.79 Å². The van der Waals surface area contributed by atoms with Gasteiger partial charge in [-0.05, 0) is 23.3 Å². The van der Waals surface area contributed by atoms with Crippen LogP contribution in [0, 0.1) is 0 Å². The van der Waals surface area contributed by atoms with Crippen LogP contribution in [0.2, 0.25) is 5.02 Å². The van der Waals surface area contributed by atoms with Crippen LogP contribution >= 0.6 is 11.6 Å². The molecule has 1 unspecified atom stereocenters. The maximum atomic E-state index is 12.6. The van der Waals surface area contributed by atoms with E-state index in [2.05, 4.69) is 12.1 Å². The molecule has 23 heavy (non-hydrogen) atoms. The highest BCUT2D eigenvalue weighted by Crippen LogP contribution is 2.30. The van der Waals surface area contributed by atoms with Gasteiger partial charge in [-0.25, -0.2) is 0 Å². The molecule has 0 fully saturated rings. The van der Waals surface area contributed by atoms with Gasteiger partial charge in [0.15, 0.2) is 5.78 Å². The van der Waals surface area contributed by atoms with Crippen LogP contribution in [0.25, 0.3) is 0 Å². The Labute approximate surface area is 141 Å². The van der Waals surface area contributed by atoms with E-state index in [1.807, 2.05) is 72.8 Å². The maximum Gasteiger partial charge on any atom is 0.163 e. The lowest BCUT2D eigenvalue weighted by Gasteiger charge is -2.17. The minimum Gasteiger partial charge on any atom is -0.294 e. The Bertz CT molecular complexity index is 764. The minimum atomic E-state index is 0.0289. The van der Waals surface area contributed by atoms with E-state index in [0.717, 1.165) is 16.7 Å². The Balaban J connectivity index is 1.93. The molecule has 2 heteroatoms. The fraction of sp³-hybridized carbons (Fsp3) is 0.0952. The summed E-state index contributed by atoms with van der Waals surface area (Å²) in [7, 11) is 0. The first-order valence-electron chi connectivity index (χ1n) is 7.62. The molecule has 0 spiro atoms. The standard InChI is InChI=1S/C21H17ClO/c22-19-13-11-17(12-14-19)20(16-7-3-1-4-8-16)15-21(23)18-9-5-2-6-10-18/h1-14,20H,15H2. The van der Waals surface area contributed by atoms with Crippen LogP contribution in [0.3, 0.4) is 0 Å². The van der Waals surface area contributed by atoms with Gasteiger partial charge < -0.3 is 0 Å². The van der Waals surface area contributed by atoms with Crippen molar-refractivity contribution in [3.63, 3.8) is 0 Å². The highest BCUT2D eigenvalue weighted by Gasteiger charge is 2.19. The summed E-state index contributed by atoms with van der Waals surface area (Å²) in [5, 5.41) is 0.704. The monoisotopic (exact) mass is 320 g/mol. The second kappa shape index (κ2) is 7.26. The molecule has 114 valence electrons. The first-order chi connectivity index (χ1) is 11.2. The third-order valence-corrected chi connectivity index (χ3v) is 4.21. The number of carbonyl (C=O) groups is 1. The van der Waals surface area contributed by atoms with E-state index >= 15 is 0 Å². The number of rotatable bonds is 5. The lowest BCUT2D eigenvalue weighted by molar-refractivity contribution is 0.0977. The van der Waals surface area contributed by atoms with Gasteiger partial charge in [-0.2, -0.15) is 0 Å². The number of hydrogen-bond acceptors (Lipinski definition) is 1. The SMILES string of the molecule is O=C(CC(c1ccccc1)c1ccc(Cl)cc1)c1ccccc1. The van der Waals surface area contributed by atoms with E-state index in [1.54, 1.807) is 0 Å². The van der Waals surface area contributed by atoms with Crippen LogP contribution in [-0.2, 0) is 0 Å². The van der Waals surface area contributed by atoms with Crippen molar-refractivity contribution in [3.8, 4) is 0 Å². The summed E-state index contributed by atoms with van der Waals surface area (Å²) < 4.78 is 0. The van der Waals surface area contributed by atoms with Crippen molar-refractivity contribution in [2.24, 2.45) is 0 Å². The first kappa shape index (κ1) is 15.5. The van der Waals surface area contributed by atoms with E-state index in [-0.39, 0.29) is 11.7 Å². The van der Waals surface area contributed by atoms with E-state index in [1.165, 1.54) is 0 Å². The summed E-state index contributed by atoms with van der Waals surface area (Å²) in [6.45, 7) is 0. The molecule has 1 atom stereocenters. The molecule has 0 N–H and O–H groups in total. The largest absolute Gasteiger partial charge is 0.294 e. The molecule has 0 aliphatic carbocycles. The summed E-state index contributed by atoms with van der Waals surface area (Å²) in [6, 6.07) is 27.3. The zero-order chi connectivity index (χ0) is 16.1. The molecule has 0 radical (unpaired) electrons. The first-order valence-corrected chi connectivity index (χ1v) is 8.00. The number of ketones is 1. The number of hydrogen-bond donors (Lipinski definition) is 0. The quantitative estimate of drug-likeness (QED) is 0.547. The number of carbonyl (C=O) groups excluding carboxylic acids is 1. The number of benzene rings is 3. The van der Waals surface area contributed by atoms with Crippen molar-refractivity contribution >= 4 is 17.4 Å². The molecule has 0 saturated heterocycles. The van der Waals surface area contributed by atoms with Crippen molar-refractivity contribution in [1.82, 2.24) is 0 Å². The predicted molar refractivity (Wildman–Crippen MR) is 95.1 cm³/mol. The maximum absolute atomic E-state index is 12.6. The number of halogens is 1. The Morgan fingerprint density at radius 2 is 1.26 bits per heavy atom. The van der Waals surface area contributed by atoms with Crippen molar-refractivity contribution in [2.45, 2.75) is 12.3 Å². The smallest absolute Gasteiger partial charge is 0.163 e. The lowest BCUT2D eigenvalue weighted by atomic mass is 9.86. The summed E-state index contributed by atoms with van der Waals surface area (Å²) in [5.41, 5.74) is 2.99. The van der Waals surface area contributed by atoms with Gasteiger partial charge in [0.2, 0.25) is 0 Å². The Morgan fingerprint density at radius 3 is 1.87 bits per heavy atom. The fourth-order valence-corrected chi connectivity index (χ4v) is 2.86. The molecule has 0 aliphatic heterocycles. The Hall–Kier alpha value is -2.38. The molecular formula is C21H17ClO. The molecule has 3 aromatic carbocycles. The summed E-state index contributed by atoms with van der Waals surface area (Å²) >= 11 is 6.00. The normalized spacial score (nSPS) is 11.9. The molecule has 0 aromatic heterocycles. The van der Waals surface area contributed by atoms with Crippen LogP contribution in [-0.4, -0.2) is 5.78 Å². The Morgan fingerprint density at radius 1 is 0.739 bits per heavy atom. The highest BCUT2D eigenvalue weighted by molar-refractivity contribution is 6.30. The van der Waals surface area contributed by atoms with E-state index < -0.39 is 0 Å². The van der Waals surface area contributed by atoms with Gasteiger partial charge in [0.05, 0.1) is 0 Å². The van der Waals surface area contributed by atoms with E-state index in [0.29, 0.717) is 11.4 Å². The molecule has 0 heterocycles. The van der Waals surface area contributed by atoms with Crippen molar-refractivity contribution in [3.05, 3.63) is 107 Å². The van der Waals surface area contributed by atoms with Crippen LogP contribution in [0.1, 0.15) is 33.8 Å². The topological polar surface area (TPSA) is 17.1 Å². The molecule has 0 amide bonds. The molecule has 1 nitrogen and oxygen atoms in total. The highest BCUT2D eigenvalue weighted by atomic mass is 35.5. The molecule has 0 saturated carbocycles. The van der Waals surface area contributed by atoms with E-state index in [4.69, 9.17) is 11.6 Å². The van der Waals surface area contributed by atoms with Gasteiger partial charge in [-0.15, -0.1) is 0 Å². The number of Topliss-reactive ketones (excluding diaryl/α,β-unsaturated/α-hetero) is 1. The van der Waals surface area contributed by atoms with Gasteiger partial charge in [0, 0.05) is 22.9 Å². The van der Waals surface area contributed by atoms with Crippen LogP contribution in [0.15, 0.2) is 84.9 Å². The third kappa shape index (κ3) is 3.88. The zero-order valence-corrected chi connectivity index (χ0v) is 13.4. The third-order valence-electron chi connectivity index (χ3n) is 3.96. The molecular weight excluding hydrogens is 304 g/mol. The fourth-order valence-electron chi connectivity index (χ4n) is 2.74. The van der Waals surface area contributed by atoms with Gasteiger partial charge >= 0.3 is 0 Å². The van der Waals surface area contributed by atoms with Crippen LogP contribution < -0.4 is 0 Å².